The van der Waals surface area contributed by atoms with Crippen LogP contribution in [-0.4, -0.2) is 63.0 Å². The van der Waals surface area contributed by atoms with Gasteiger partial charge < -0.3 is 20.0 Å². The first-order chi connectivity index (χ1) is 14.7. The average Bonchev–Trinajstić information content (AvgIpc) is 2.73. The monoisotopic (exact) mass is 423 g/mol. The highest BCUT2D eigenvalue weighted by atomic mass is 16.2. The van der Waals surface area contributed by atoms with Gasteiger partial charge in [-0.25, -0.2) is 0 Å². The minimum absolute atomic E-state index is 0.00583. The van der Waals surface area contributed by atoms with Crippen molar-refractivity contribution in [1.29, 1.82) is 0 Å². The highest BCUT2D eigenvalue weighted by Gasteiger charge is 2.25. The number of likely N-dealkylation sites (N-methyl/N-ethyl adjacent to an activating group) is 1. The molecule has 0 aliphatic carbocycles. The van der Waals surface area contributed by atoms with Crippen molar-refractivity contribution < 1.29 is 14.5 Å². The number of nitrogens with zero attached hydrogens (tertiary/aromatic N) is 2. The molecule has 31 heavy (non-hydrogen) atoms. The van der Waals surface area contributed by atoms with Gasteiger partial charge >= 0.3 is 0 Å². The summed E-state index contributed by atoms with van der Waals surface area (Å²) in [5.41, 5.74) is 6.84. The maximum Gasteiger partial charge on any atom is 0.277 e. The zero-order chi connectivity index (χ0) is 22.5. The standard InChI is InChI=1S/C25H34N4O2/c1-18-9-10-20(3)22(15-18)26-24(30)16-27(5)25(31)17-28-11-13-29(14-12-28)23-8-6-7-19(2)21(23)4/h6-10,15H,11-14,16-17H2,1-5H3,(H,26,30)/p+1. The molecule has 2 aromatic carbocycles. The second-order valence-electron chi connectivity index (χ2n) is 8.75. The third kappa shape index (κ3) is 5.85. The molecule has 1 fully saturated rings. The summed E-state index contributed by atoms with van der Waals surface area (Å²) in [5, 5.41) is 2.93. The summed E-state index contributed by atoms with van der Waals surface area (Å²) >= 11 is 0. The van der Waals surface area contributed by atoms with Crippen molar-refractivity contribution in [3.8, 4) is 0 Å². The summed E-state index contributed by atoms with van der Waals surface area (Å²) in [6.07, 6.45) is 0. The van der Waals surface area contributed by atoms with Crippen LogP contribution in [0.1, 0.15) is 22.3 Å². The van der Waals surface area contributed by atoms with Crippen LogP contribution in [0.15, 0.2) is 36.4 Å². The molecular formula is C25H35N4O2+. The molecule has 3 rings (SSSR count). The molecule has 2 amide bonds. The summed E-state index contributed by atoms with van der Waals surface area (Å²) in [5.74, 6) is -0.161. The number of quaternary nitrogens is 1. The number of amides is 2. The van der Waals surface area contributed by atoms with Gasteiger partial charge in [-0.1, -0.05) is 24.3 Å². The Morgan fingerprint density at radius 1 is 1.03 bits per heavy atom. The number of carbonyl (C=O) groups is 2. The van der Waals surface area contributed by atoms with Crippen LogP contribution in [0.3, 0.4) is 0 Å². The summed E-state index contributed by atoms with van der Waals surface area (Å²) < 4.78 is 0. The Morgan fingerprint density at radius 3 is 2.45 bits per heavy atom. The first kappa shape index (κ1) is 22.8. The van der Waals surface area contributed by atoms with Crippen molar-refractivity contribution in [3.05, 3.63) is 58.7 Å². The van der Waals surface area contributed by atoms with Crippen LogP contribution in [0.25, 0.3) is 0 Å². The Kier molecular flexibility index (Phi) is 7.33. The van der Waals surface area contributed by atoms with E-state index in [0.717, 1.165) is 43.0 Å². The van der Waals surface area contributed by atoms with Crippen LogP contribution in [-0.2, 0) is 9.59 Å². The van der Waals surface area contributed by atoms with E-state index in [-0.39, 0.29) is 18.4 Å². The molecule has 0 bridgehead atoms. The van der Waals surface area contributed by atoms with Gasteiger partial charge in [-0.2, -0.15) is 0 Å². The van der Waals surface area contributed by atoms with Crippen molar-refractivity contribution >= 4 is 23.2 Å². The molecule has 6 heteroatoms. The van der Waals surface area contributed by atoms with Gasteiger partial charge in [0.1, 0.15) is 0 Å². The summed E-state index contributed by atoms with van der Waals surface area (Å²) in [4.78, 5) is 30.3. The SMILES string of the molecule is Cc1ccc(C)c(NC(=O)CN(C)C(=O)C[NH+]2CCN(c3cccc(C)c3C)CC2)c1. The van der Waals surface area contributed by atoms with Crippen LogP contribution in [0.4, 0.5) is 11.4 Å². The van der Waals surface area contributed by atoms with E-state index in [0.29, 0.717) is 6.54 Å². The molecule has 1 aliphatic heterocycles. The lowest BCUT2D eigenvalue weighted by molar-refractivity contribution is -0.892. The van der Waals surface area contributed by atoms with E-state index in [1.807, 2.05) is 32.0 Å². The van der Waals surface area contributed by atoms with Gasteiger partial charge in [0, 0.05) is 18.4 Å². The summed E-state index contributed by atoms with van der Waals surface area (Å²) in [6, 6.07) is 12.4. The lowest BCUT2D eigenvalue weighted by Gasteiger charge is -2.35. The van der Waals surface area contributed by atoms with E-state index in [1.165, 1.54) is 26.6 Å². The van der Waals surface area contributed by atoms with E-state index in [2.05, 4.69) is 42.3 Å². The van der Waals surface area contributed by atoms with Crippen LogP contribution in [0.2, 0.25) is 0 Å². The Labute approximate surface area is 185 Å². The van der Waals surface area contributed by atoms with E-state index in [4.69, 9.17) is 0 Å². The minimum Gasteiger partial charge on any atom is -0.360 e. The van der Waals surface area contributed by atoms with E-state index < -0.39 is 0 Å². The van der Waals surface area contributed by atoms with Crippen LogP contribution in [0, 0.1) is 27.7 Å². The lowest BCUT2D eigenvalue weighted by atomic mass is 10.1. The van der Waals surface area contributed by atoms with Gasteiger partial charge in [0.2, 0.25) is 5.91 Å². The molecule has 6 nitrogen and oxygen atoms in total. The number of carbonyl (C=O) groups excluding carboxylic acids is 2. The zero-order valence-electron chi connectivity index (χ0n) is 19.4. The second kappa shape index (κ2) is 9.96. The number of hydrogen-bond acceptors (Lipinski definition) is 3. The Morgan fingerprint density at radius 2 is 1.74 bits per heavy atom. The molecule has 2 aromatic rings. The maximum atomic E-state index is 12.7. The lowest BCUT2D eigenvalue weighted by Crippen LogP contribution is -3.15. The molecule has 0 atom stereocenters. The van der Waals surface area contributed by atoms with E-state index >= 15 is 0 Å². The first-order valence-electron chi connectivity index (χ1n) is 11.0. The van der Waals surface area contributed by atoms with E-state index in [1.54, 1.807) is 7.05 Å². The van der Waals surface area contributed by atoms with Crippen LogP contribution < -0.4 is 15.1 Å². The number of nitrogens with one attached hydrogen (secondary N) is 2. The quantitative estimate of drug-likeness (QED) is 0.744. The third-order valence-electron chi connectivity index (χ3n) is 6.26. The molecule has 2 N–H and O–H groups in total. The molecule has 0 spiro atoms. The Balaban J connectivity index is 1.47. The third-order valence-corrected chi connectivity index (χ3v) is 6.26. The summed E-state index contributed by atoms with van der Waals surface area (Å²) in [6.45, 7) is 12.5. The zero-order valence-corrected chi connectivity index (χ0v) is 19.4. The molecule has 0 aromatic heterocycles. The molecule has 1 saturated heterocycles. The van der Waals surface area contributed by atoms with Crippen molar-refractivity contribution in [1.82, 2.24) is 4.90 Å². The highest BCUT2D eigenvalue weighted by molar-refractivity contribution is 5.95. The largest absolute Gasteiger partial charge is 0.360 e. The fourth-order valence-electron chi connectivity index (χ4n) is 4.03. The van der Waals surface area contributed by atoms with Gasteiger partial charge in [0.25, 0.3) is 5.91 Å². The number of piperazine rings is 1. The fourth-order valence-corrected chi connectivity index (χ4v) is 4.03. The summed E-state index contributed by atoms with van der Waals surface area (Å²) in [7, 11) is 1.71. The number of rotatable bonds is 6. The smallest absolute Gasteiger partial charge is 0.277 e. The van der Waals surface area contributed by atoms with Gasteiger partial charge in [-0.3, -0.25) is 9.59 Å². The number of benzene rings is 2. The van der Waals surface area contributed by atoms with Crippen molar-refractivity contribution in [2.24, 2.45) is 0 Å². The van der Waals surface area contributed by atoms with Crippen LogP contribution >= 0.6 is 0 Å². The number of anilines is 2. The Hall–Kier alpha value is -2.86. The van der Waals surface area contributed by atoms with Crippen molar-refractivity contribution in [2.45, 2.75) is 27.7 Å². The predicted molar refractivity (Wildman–Crippen MR) is 126 cm³/mol. The van der Waals surface area contributed by atoms with Crippen molar-refractivity contribution in [2.75, 3.05) is 56.5 Å². The van der Waals surface area contributed by atoms with Gasteiger partial charge in [-0.05, 0) is 62.1 Å². The predicted octanol–water partition coefficient (Wildman–Crippen LogP) is 1.72. The molecule has 166 valence electrons. The molecule has 1 heterocycles. The molecule has 1 aliphatic rings. The fraction of sp³-hybridized carbons (Fsp3) is 0.440. The molecular weight excluding hydrogens is 388 g/mol. The van der Waals surface area contributed by atoms with Crippen LogP contribution in [0.5, 0.6) is 0 Å². The molecule has 0 saturated carbocycles. The maximum absolute atomic E-state index is 12.7. The Bertz CT molecular complexity index is 949. The number of aryl methyl sites for hydroxylation is 3. The van der Waals surface area contributed by atoms with Gasteiger partial charge in [-0.15, -0.1) is 0 Å². The van der Waals surface area contributed by atoms with Gasteiger partial charge in [0.05, 0.1) is 32.7 Å². The van der Waals surface area contributed by atoms with E-state index in [9.17, 15) is 9.59 Å². The normalized spacial score (nSPS) is 14.4. The first-order valence-corrected chi connectivity index (χ1v) is 11.0. The van der Waals surface area contributed by atoms with Gasteiger partial charge in [0.15, 0.2) is 6.54 Å². The average molecular weight is 424 g/mol. The molecule has 0 radical (unpaired) electrons. The minimum atomic E-state index is -0.167. The second-order valence-corrected chi connectivity index (χ2v) is 8.75. The number of hydrogen-bond donors (Lipinski definition) is 2. The molecule has 0 unspecified atom stereocenters. The highest BCUT2D eigenvalue weighted by Crippen LogP contribution is 2.22. The topological polar surface area (TPSA) is 57.1 Å². The van der Waals surface area contributed by atoms with Crippen molar-refractivity contribution in [3.63, 3.8) is 0 Å².